The summed E-state index contributed by atoms with van der Waals surface area (Å²) < 4.78 is 37.5. The Bertz CT molecular complexity index is 661. The molecule has 0 bridgehead atoms. The number of halogens is 3. The van der Waals surface area contributed by atoms with E-state index in [1.807, 2.05) is 31.2 Å². The van der Waals surface area contributed by atoms with Crippen LogP contribution in [0.1, 0.15) is 31.7 Å². The van der Waals surface area contributed by atoms with Crippen LogP contribution in [-0.4, -0.2) is 55.7 Å². The third-order valence-corrected chi connectivity index (χ3v) is 4.41. The van der Waals surface area contributed by atoms with Crippen LogP contribution in [0.2, 0.25) is 0 Å². The minimum atomic E-state index is -4.17. The van der Waals surface area contributed by atoms with Gasteiger partial charge in [-0.2, -0.15) is 13.2 Å². The number of carbonyl (C=O) groups is 1. The third kappa shape index (κ3) is 7.75. The molecule has 1 amide bonds. The number of hydrogen-bond acceptors (Lipinski definition) is 3. The van der Waals surface area contributed by atoms with Crippen LogP contribution in [0.5, 0.6) is 0 Å². The van der Waals surface area contributed by atoms with Crippen LogP contribution >= 0.6 is 0 Å². The first-order valence-electron chi connectivity index (χ1n) is 9.44. The molecular weight excluding hydrogens is 371 g/mol. The number of anilines is 1. The molecule has 6 nitrogen and oxygen atoms in total. The number of carbonyl (C=O) groups excluding carboxylic acids is 1. The largest absolute Gasteiger partial charge is 0.401 e. The lowest BCUT2D eigenvalue weighted by Gasteiger charge is -2.20. The standard InChI is InChI=1S/C19H28F3N5O/c1-3-4-17(28)25-15-7-5-14(6-8-15)11-24-18(23-2)26-16-9-10-27(12-16)13-19(20,21)22/h5-8,16H,3-4,9-13H2,1-2H3,(H,25,28)(H2,23,24,26). The lowest BCUT2D eigenvalue weighted by atomic mass is 10.2. The van der Waals surface area contributed by atoms with Crippen molar-refractivity contribution in [2.75, 3.05) is 32.0 Å². The van der Waals surface area contributed by atoms with Crippen LogP contribution in [0.3, 0.4) is 0 Å². The molecular formula is C19H28F3N5O. The number of alkyl halides is 3. The Morgan fingerprint density at radius 3 is 2.61 bits per heavy atom. The van der Waals surface area contributed by atoms with E-state index in [9.17, 15) is 18.0 Å². The Hall–Kier alpha value is -2.29. The summed E-state index contributed by atoms with van der Waals surface area (Å²) in [6.07, 6.45) is -2.23. The summed E-state index contributed by atoms with van der Waals surface area (Å²) in [5, 5.41) is 9.18. The predicted molar refractivity (Wildman–Crippen MR) is 104 cm³/mol. The minimum absolute atomic E-state index is 0.00546. The van der Waals surface area contributed by atoms with Crippen molar-refractivity contribution in [3.05, 3.63) is 29.8 Å². The van der Waals surface area contributed by atoms with Gasteiger partial charge in [-0.3, -0.25) is 14.7 Å². The zero-order valence-electron chi connectivity index (χ0n) is 16.3. The summed E-state index contributed by atoms with van der Waals surface area (Å²) in [6, 6.07) is 7.43. The zero-order valence-corrected chi connectivity index (χ0v) is 16.3. The summed E-state index contributed by atoms with van der Waals surface area (Å²) >= 11 is 0. The molecule has 1 heterocycles. The molecule has 3 N–H and O–H groups in total. The van der Waals surface area contributed by atoms with Gasteiger partial charge in [-0.1, -0.05) is 19.1 Å². The zero-order chi connectivity index (χ0) is 20.6. The Morgan fingerprint density at radius 2 is 2.00 bits per heavy atom. The molecule has 156 valence electrons. The van der Waals surface area contributed by atoms with Crippen molar-refractivity contribution in [1.29, 1.82) is 0 Å². The van der Waals surface area contributed by atoms with Crippen molar-refractivity contribution in [3.63, 3.8) is 0 Å². The summed E-state index contributed by atoms with van der Waals surface area (Å²) in [7, 11) is 1.63. The molecule has 0 aromatic heterocycles. The molecule has 1 aromatic carbocycles. The van der Waals surface area contributed by atoms with Crippen LogP contribution in [-0.2, 0) is 11.3 Å². The van der Waals surface area contributed by atoms with Crippen molar-refractivity contribution in [1.82, 2.24) is 15.5 Å². The second kappa shape index (κ2) is 10.3. The van der Waals surface area contributed by atoms with Crippen molar-refractivity contribution >= 4 is 17.6 Å². The molecule has 2 rings (SSSR count). The van der Waals surface area contributed by atoms with E-state index in [1.165, 1.54) is 4.90 Å². The smallest absolute Gasteiger partial charge is 0.352 e. The second-order valence-corrected chi connectivity index (χ2v) is 6.90. The maximum atomic E-state index is 12.5. The number of hydrogen-bond donors (Lipinski definition) is 3. The quantitative estimate of drug-likeness (QED) is 0.487. The average Bonchev–Trinajstić information content (AvgIpc) is 3.05. The van der Waals surface area contributed by atoms with Crippen molar-refractivity contribution in [2.45, 2.75) is 44.9 Å². The van der Waals surface area contributed by atoms with Gasteiger partial charge in [0.1, 0.15) is 0 Å². The van der Waals surface area contributed by atoms with Gasteiger partial charge < -0.3 is 16.0 Å². The van der Waals surface area contributed by atoms with Crippen molar-refractivity contribution in [3.8, 4) is 0 Å². The van der Waals surface area contributed by atoms with Gasteiger partial charge in [-0.05, 0) is 30.5 Å². The lowest BCUT2D eigenvalue weighted by Crippen LogP contribution is -2.44. The summed E-state index contributed by atoms with van der Waals surface area (Å²) in [5.41, 5.74) is 1.75. The highest BCUT2D eigenvalue weighted by atomic mass is 19.4. The molecule has 1 fully saturated rings. The molecule has 28 heavy (non-hydrogen) atoms. The number of guanidine groups is 1. The maximum absolute atomic E-state index is 12.5. The number of amides is 1. The fraction of sp³-hybridized carbons (Fsp3) is 0.579. The van der Waals surface area contributed by atoms with E-state index in [1.54, 1.807) is 7.05 Å². The normalized spacial score (nSPS) is 18.2. The highest BCUT2D eigenvalue weighted by molar-refractivity contribution is 5.90. The van der Waals surface area contributed by atoms with E-state index in [4.69, 9.17) is 0 Å². The Labute approximate surface area is 163 Å². The SMILES string of the molecule is CCCC(=O)Nc1ccc(CNC(=NC)NC2CCN(CC(F)(F)F)C2)cc1. The van der Waals surface area contributed by atoms with E-state index >= 15 is 0 Å². The Kier molecular flexibility index (Phi) is 8.10. The third-order valence-electron chi connectivity index (χ3n) is 4.41. The molecule has 1 saturated heterocycles. The molecule has 0 radical (unpaired) electrons. The van der Waals surface area contributed by atoms with E-state index < -0.39 is 12.7 Å². The van der Waals surface area contributed by atoms with Gasteiger partial charge in [0.25, 0.3) is 0 Å². The molecule has 1 atom stereocenters. The van der Waals surface area contributed by atoms with E-state index in [0.29, 0.717) is 38.4 Å². The lowest BCUT2D eigenvalue weighted by molar-refractivity contribution is -0.143. The highest BCUT2D eigenvalue weighted by Crippen LogP contribution is 2.20. The fourth-order valence-electron chi connectivity index (χ4n) is 3.08. The first-order valence-corrected chi connectivity index (χ1v) is 9.44. The average molecular weight is 399 g/mol. The molecule has 1 unspecified atom stereocenters. The molecule has 0 aliphatic carbocycles. The Morgan fingerprint density at radius 1 is 1.29 bits per heavy atom. The number of rotatable bonds is 7. The summed E-state index contributed by atoms with van der Waals surface area (Å²) in [5.74, 6) is 0.549. The van der Waals surface area contributed by atoms with Gasteiger partial charge in [0.15, 0.2) is 5.96 Å². The second-order valence-electron chi connectivity index (χ2n) is 6.90. The van der Waals surface area contributed by atoms with Gasteiger partial charge >= 0.3 is 6.18 Å². The number of benzene rings is 1. The summed E-state index contributed by atoms with van der Waals surface area (Å²) in [4.78, 5) is 17.1. The number of nitrogens with zero attached hydrogens (tertiary/aromatic N) is 2. The number of nitrogens with one attached hydrogen (secondary N) is 3. The van der Waals surface area contributed by atoms with Gasteiger partial charge in [0.2, 0.25) is 5.91 Å². The van der Waals surface area contributed by atoms with Crippen molar-refractivity contribution < 1.29 is 18.0 Å². The first kappa shape index (κ1) is 22.0. The fourth-order valence-corrected chi connectivity index (χ4v) is 3.08. The molecule has 9 heteroatoms. The number of likely N-dealkylation sites (tertiary alicyclic amines) is 1. The Balaban J connectivity index is 1.77. The van der Waals surface area contributed by atoms with Crippen LogP contribution in [0.15, 0.2) is 29.3 Å². The van der Waals surface area contributed by atoms with Gasteiger partial charge in [0, 0.05) is 44.8 Å². The van der Waals surface area contributed by atoms with Crippen LogP contribution < -0.4 is 16.0 Å². The van der Waals surface area contributed by atoms with Crippen molar-refractivity contribution in [2.24, 2.45) is 4.99 Å². The molecule has 0 saturated carbocycles. The predicted octanol–water partition coefficient (Wildman–Crippen LogP) is 2.73. The first-order chi connectivity index (χ1) is 13.3. The molecule has 1 aliphatic rings. The molecule has 0 spiro atoms. The van der Waals surface area contributed by atoms with Gasteiger partial charge in [0.05, 0.1) is 6.54 Å². The van der Waals surface area contributed by atoms with Crippen LogP contribution in [0.25, 0.3) is 0 Å². The van der Waals surface area contributed by atoms with Gasteiger partial charge in [-0.15, -0.1) is 0 Å². The number of aliphatic imine (C=N–C) groups is 1. The van der Waals surface area contributed by atoms with Gasteiger partial charge in [-0.25, -0.2) is 0 Å². The monoisotopic (exact) mass is 399 g/mol. The van der Waals surface area contributed by atoms with E-state index in [0.717, 1.165) is 17.7 Å². The van der Waals surface area contributed by atoms with Crippen LogP contribution in [0.4, 0.5) is 18.9 Å². The summed E-state index contributed by atoms with van der Waals surface area (Å²) in [6.45, 7) is 2.35. The van der Waals surface area contributed by atoms with E-state index in [-0.39, 0.29) is 11.9 Å². The maximum Gasteiger partial charge on any atom is 0.401 e. The minimum Gasteiger partial charge on any atom is -0.352 e. The van der Waals surface area contributed by atoms with E-state index in [2.05, 4.69) is 20.9 Å². The molecule has 1 aliphatic heterocycles. The van der Waals surface area contributed by atoms with Crippen LogP contribution in [0, 0.1) is 0 Å². The molecule has 1 aromatic rings. The highest BCUT2D eigenvalue weighted by Gasteiger charge is 2.34. The topological polar surface area (TPSA) is 68.8 Å².